The number of benzene rings is 1. The van der Waals surface area contributed by atoms with Gasteiger partial charge in [0.15, 0.2) is 0 Å². The summed E-state index contributed by atoms with van der Waals surface area (Å²) in [5.41, 5.74) is 2.64. The topological polar surface area (TPSA) is 61.8 Å². The van der Waals surface area contributed by atoms with Gasteiger partial charge < -0.3 is 14.2 Å². The van der Waals surface area contributed by atoms with Crippen LogP contribution >= 0.6 is 0 Å². The Kier molecular flexibility index (Phi) is 6.21. The number of aryl methyl sites for hydroxylation is 1. The zero-order valence-electron chi connectivity index (χ0n) is 13.1. The van der Waals surface area contributed by atoms with Crippen LogP contribution in [0.3, 0.4) is 0 Å². The van der Waals surface area contributed by atoms with Crippen molar-refractivity contribution in [3.8, 4) is 0 Å². The van der Waals surface area contributed by atoms with E-state index in [9.17, 15) is 9.59 Å². The predicted molar refractivity (Wildman–Crippen MR) is 78.3 cm³/mol. The molecule has 0 N–H and O–H groups in total. The summed E-state index contributed by atoms with van der Waals surface area (Å²) in [5.74, 6) is -0.147. The van der Waals surface area contributed by atoms with Crippen molar-refractivity contribution >= 4 is 12.1 Å². The van der Waals surface area contributed by atoms with E-state index in [2.05, 4.69) is 18.6 Å². The Morgan fingerprint density at radius 2 is 1.81 bits per heavy atom. The third-order valence-corrected chi connectivity index (χ3v) is 2.92. The monoisotopic (exact) mass is 294 g/mol. The highest BCUT2D eigenvalue weighted by Crippen LogP contribution is 2.20. The lowest BCUT2D eigenvalue weighted by atomic mass is 9.96. The maximum Gasteiger partial charge on any atom is 0.511 e. The SMILES string of the molecule is CCOC(=O)OC(C)OC(=O)c1ccc(C(C)C)c(C)c1. The molecule has 0 radical (unpaired) electrons. The minimum atomic E-state index is -0.998. The lowest BCUT2D eigenvalue weighted by molar-refractivity contribution is -0.0811. The van der Waals surface area contributed by atoms with Crippen molar-refractivity contribution in [3.05, 3.63) is 34.9 Å². The van der Waals surface area contributed by atoms with Gasteiger partial charge in [0.25, 0.3) is 0 Å². The second kappa shape index (κ2) is 7.67. The third-order valence-electron chi connectivity index (χ3n) is 2.92. The number of ether oxygens (including phenoxy) is 3. The molecule has 0 heterocycles. The number of esters is 1. The third kappa shape index (κ3) is 5.10. The zero-order chi connectivity index (χ0) is 16.0. The van der Waals surface area contributed by atoms with Gasteiger partial charge in [0.1, 0.15) is 0 Å². The van der Waals surface area contributed by atoms with Crippen molar-refractivity contribution in [1.29, 1.82) is 0 Å². The first-order valence-electron chi connectivity index (χ1n) is 7.00. The summed E-state index contributed by atoms with van der Waals surface area (Å²) in [4.78, 5) is 23.1. The number of carbonyl (C=O) groups excluding carboxylic acids is 2. The maximum absolute atomic E-state index is 12.0. The Labute approximate surface area is 125 Å². The van der Waals surface area contributed by atoms with Crippen LogP contribution in [0.1, 0.15) is 55.1 Å². The fourth-order valence-electron chi connectivity index (χ4n) is 1.98. The van der Waals surface area contributed by atoms with Gasteiger partial charge in [-0.15, -0.1) is 0 Å². The molecule has 5 nitrogen and oxygen atoms in total. The summed E-state index contributed by atoms with van der Waals surface area (Å²) in [6.45, 7) is 9.46. The largest absolute Gasteiger partial charge is 0.511 e. The van der Waals surface area contributed by atoms with E-state index in [1.807, 2.05) is 13.0 Å². The van der Waals surface area contributed by atoms with Gasteiger partial charge in [-0.3, -0.25) is 0 Å². The second-order valence-electron chi connectivity index (χ2n) is 5.00. The Morgan fingerprint density at radius 1 is 1.14 bits per heavy atom. The molecule has 1 unspecified atom stereocenters. The van der Waals surface area contributed by atoms with Crippen molar-refractivity contribution < 1.29 is 23.8 Å². The van der Waals surface area contributed by atoms with Crippen LogP contribution in [-0.2, 0) is 14.2 Å². The number of hydrogen-bond donors (Lipinski definition) is 0. The number of rotatable bonds is 5. The first-order chi connectivity index (χ1) is 9.85. The first-order valence-corrected chi connectivity index (χ1v) is 7.00. The summed E-state index contributed by atoms with van der Waals surface area (Å²) in [6, 6.07) is 5.39. The molecule has 0 aliphatic rings. The van der Waals surface area contributed by atoms with Crippen LogP contribution in [0, 0.1) is 6.92 Å². The average molecular weight is 294 g/mol. The van der Waals surface area contributed by atoms with Crippen molar-refractivity contribution in [1.82, 2.24) is 0 Å². The molecule has 0 saturated carbocycles. The van der Waals surface area contributed by atoms with E-state index in [4.69, 9.17) is 9.47 Å². The van der Waals surface area contributed by atoms with Crippen molar-refractivity contribution in [2.75, 3.05) is 6.61 Å². The molecule has 1 atom stereocenters. The van der Waals surface area contributed by atoms with E-state index in [0.29, 0.717) is 11.5 Å². The Hall–Kier alpha value is -2.04. The minimum Gasteiger partial charge on any atom is -0.435 e. The molecule has 116 valence electrons. The summed E-state index contributed by atoms with van der Waals surface area (Å²) in [5, 5.41) is 0. The molecule has 1 rings (SSSR count). The molecule has 0 aliphatic heterocycles. The van der Waals surface area contributed by atoms with Gasteiger partial charge in [-0.1, -0.05) is 19.9 Å². The summed E-state index contributed by atoms with van der Waals surface area (Å²) in [6.07, 6.45) is -1.86. The predicted octanol–water partition coefficient (Wildman–Crippen LogP) is 3.79. The Balaban J connectivity index is 2.67. The molecule has 21 heavy (non-hydrogen) atoms. The zero-order valence-corrected chi connectivity index (χ0v) is 13.1. The lowest BCUT2D eigenvalue weighted by Crippen LogP contribution is -2.22. The maximum atomic E-state index is 12.0. The van der Waals surface area contributed by atoms with E-state index >= 15 is 0 Å². The van der Waals surface area contributed by atoms with Crippen molar-refractivity contribution in [2.45, 2.75) is 46.8 Å². The van der Waals surface area contributed by atoms with Gasteiger partial charge in [-0.2, -0.15) is 0 Å². The first kappa shape index (κ1) is 17.0. The number of carbonyl (C=O) groups is 2. The number of hydrogen-bond acceptors (Lipinski definition) is 5. The van der Waals surface area contributed by atoms with E-state index in [-0.39, 0.29) is 6.61 Å². The molecule has 5 heteroatoms. The van der Waals surface area contributed by atoms with Gasteiger partial charge in [0.05, 0.1) is 12.2 Å². The Morgan fingerprint density at radius 3 is 2.33 bits per heavy atom. The summed E-state index contributed by atoms with van der Waals surface area (Å²) >= 11 is 0. The summed E-state index contributed by atoms with van der Waals surface area (Å²) < 4.78 is 14.4. The molecule has 0 saturated heterocycles. The van der Waals surface area contributed by atoms with Gasteiger partial charge in [0.2, 0.25) is 6.29 Å². The van der Waals surface area contributed by atoms with Crippen LogP contribution in [0.15, 0.2) is 18.2 Å². The molecule has 0 spiro atoms. The smallest absolute Gasteiger partial charge is 0.435 e. The highest BCUT2D eigenvalue weighted by atomic mass is 16.8. The standard InChI is InChI=1S/C16H22O5/c1-6-19-16(18)21-12(5)20-15(17)13-7-8-14(10(2)3)11(4)9-13/h7-10,12H,6H2,1-5H3. The molecule has 0 amide bonds. The van der Waals surface area contributed by atoms with Gasteiger partial charge >= 0.3 is 12.1 Å². The van der Waals surface area contributed by atoms with Crippen LogP contribution in [0.25, 0.3) is 0 Å². The molecule has 1 aromatic rings. The van der Waals surface area contributed by atoms with Gasteiger partial charge in [-0.25, -0.2) is 9.59 Å². The molecule has 1 aromatic carbocycles. The van der Waals surface area contributed by atoms with Crippen LogP contribution in [-0.4, -0.2) is 25.0 Å². The highest BCUT2D eigenvalue weighted by molar-refractivity contribution is 5.89. The van der Waals surface area contributed by atoms with E-state index < -0.39 is 18.4 Å². The lowest BCUT2D eigenvalue weighted by Gasteiger charge is -2.15. The van der Waals surface area contributed by atoms with Crippen LogP contribution in [0.5, 0.6) is 0 Å². The van der Waals surface area contributed by atoms with Crippen molar-refractivity contribution in [3.63, 3.8) is 0 Å². The van der Waals surface area contributed by atoms with E-state index in [1.165, 1.54) is 12.5 Å². The average Bonchev–Trinajstić information content (AvgIpc) is 2.37. The minimum absolute atomic E-state index is 0.204. The van der Waals surface area contributed by atoms with Gasteiger partial charge in [-0.05, 0) is 43.0 Å². The summed E-state index contributed by atoms with van der Waals surface area (Å²) in [7, 11) is 0. The fraction of sp³-hybridized carbons (Fsp3) is 0.500. The quantitative estimate of drug-likeness (QED) is 0.610. The van der Waals surface area contributed by atoms with E-state index in [1.54, 1.807) is 19.1 Å². The highest BCUT2D eigenvalue weighted by Gasteiger charge is 2.17. The van der Waals surface area contributed by atoms with Crippen LogP contribution in [0.4, 0.5) is 4.79 Å². The van der Waals surface area contributed by atoms with Crippen LogP contribution in [0.2, 0.25) is 0 Å². The Bertz CT molecular complexity index is 507. The molecule has 0 bridgehead atoms. The molecule has 0 aliphatic carbocycles. The molecular formula is C16H22O5. The van der Waals surface area contributed by atoms with Crippen LogP contribution < -0.4 is 0 Å². The van der Waals surface area contributed by atoms with Crippen molar-refractivity contribution in [2.24, 2.45) is 0 Å². The second-order valence-corrected chi connectivity index (χ2v) is 5.00. The fourth-order valence-corrected chi connectivity index (χ4v) is 1.98. The molecular weight excluding hydrogens is 272 g/mol. The molecule has 0 aromatic heterocycles. The van der Waals surface area contributed by atoms with E-state index in [0.717, 1.165) is 5.56 Å². The van der Waals surface area contributed by atoms with Gasteiger partial charge in [0, 0.05) is 6.92 Å². The molecule has 0 fully saturated rings. The normalized spacial score (nSPS) is 11.9.